The van der Waals surface area contributed by atoms with E-state index in [0.717, 1.165) is 11.1 Å². The Morgan fingerprint density at radius 2 is 1.29 bits per heavy atom. The second-order valence-electron chi connectivity index (χ2n) is 8.62. The lowest BCUT2D eigenvalue weighted by atomic mass is 9.90. The number of carbonyl (C=O) groups is 2. The van der Waals surface area contributed by atoms with Gasteiger partial charge in [0.1, 0.15) is 0 Å². The molecule has 0 spiro atoms. The first kappa shape index (κ1) is 26.1. The van der Waals surface area contributed by atoms with Crippen molar-refractivity contribution in [1.82, 2.24) is 5.32 Å². The predicted molar refractivity (Wildman–Crippen MR) is 148 cm³/mol. The van der Waals surface area contributed by atoms with Gasteiger partial charge in [0, 0.05) is 36.6 Å². The summed E-state index contributed by atoms with van der Waals surface area (Å²) in [6.45, 7) is 0.730. The summed E-state index contributed by atoms with van der Waals surface area (Å²) in [7, 11) is 0. The number of para-hydroxylation sites is 1. The minimum absolute atomic E-state index is 0.0528. The van der Waals surface area contributed by atoms with Crippen molar-refractivity contribution in [3.8, 4) is 0 Å². The van der Waals surface area contributed by atoms with Crippen LogP contribution < -0.4 is 15.5 Å². The largest absolute Gasteiger partial charge is 0.355 e. The predicted octanol–water partition coefficient (Wildman–Crippen LogP) is 5.97. The Labute approximate surface area is 221 Å². The third-order valence-corrected chi connectivity index (χ3v) is 6.03. The average molecular weight is 509 g/mol. The SMILES string of the molecule is O=C(NCCCN(C(=O)Nc1ccc([N+](=O)[O-])cc1)c1ccccc1)C(c1ccccc1)c1ccccc1. The number of urea groups is 1. The molecule has 0 bridgehead atoms. The standard InChI is InChI=1S/C30H28N4O4/c35-29(28(23-11-4-1-5-12-23)24-13-6-2-7-14-24)31-21-10-22-33(26-15-8-3-9-16-26)30(36)32-25-17-19-27(20-18-25)34(37)38/h1-9,11-20,28H,10,21-22H2,(H,31,35)(H,32,36). The van der Waals surface area contributed by atoms with Crippen molar-refractivity contribution in [1.29, 1.82) is 0 Å². The van der Waals surface area contributed by atoms with Gasteiger partial charge in [0.15, 0.2) is 0 Å². The summed E-state index contributed by atoms with van der Waals surface area (Å²) in [5, 5.41) is 16.7. The molecule has 192 valence electrons. The molecule has 4 rings (SSSR count). The van der Waals surface area contributed by atoms with Crippen LogP contribution in [0.4, 0.5) is 21.9 Å². The molecule has 8 nitrogen and oxygen atoms in total. The van der Waals surface area contributed by atoms with Gasteiger partial charge in [0.2, 0.25) is 5.91 Å². The number of non-ortho nitro benzene ring substituents is 1. The summed E-state index contributed by atoms with van der Waals surface area (Å²) in [5.41, 5.74) is 2.91. The number of benzene rings is 4. The highest BCUT2D eigenvalue weighted by Crippen LogP contribution is 2.25. The number of rotatable bonds is 10. The number of nitrogens with zero attached hydrogens (tertiary/aromatic N) is 2. The van der Waals surface area contributed by atoms with E-state index >= 15 is 0 Å². The molecule has 0 radical (unpaired) electrons. The zero-order valence-electron chi connectivity index (χ0n) is 20.7. The molecule has 0 atom stereocenters. The third kappa shape index (κ3) is 6.82. The van der Waals surface area contributed by atoms with Crippen molar-refractivity contribution in [3.05, 3.63) is 137 Å². The second kappa shape index (κ2) is 12.8. The number of nitro groups is 1. The van der Waals surface area contributed by atoms with Gasteiger partial charge in [-0.15, -0.1) is 0 Å². The van der Waals surface area contributed by atoms with Gasteiger partial charge in [-0.05, 0) is 41.8 Å². The number of anilines is 2. The highest BCUT2D eigenvalue weighted by atomic mass is 16.6. The van der Waals surface area contributed by atoms with Gasteiger partial charge in [-0.25, -0.2) is 4.79 Å². The molecular formula is C30H28N4O4. The fourth-order valence-electron chi connectivity index (χ4n) is 4.15. The Morgan fingerprint density at radius 1 is 0.763 bits per heavy atom. The van der Waals surface area contributed by atoms with Gasteiger partial charge in [0.25, 0.3) is 5.69 Å². The Bertz CT molecular complexity index is 1310. The van der Waals surface area contributed by atoms with Crippen LogP contribution in [0.25, 0.3) is 0 Å². The second-order valence-corrected chi connectivity index (χ2v) is 8.62. The topological polar surface area (TPSA) is 105 Å². The fraction of sp³-hybridized carbons (Fsp3) is 0.133. The van der Waals surface area contributed by atoms with Crippen LogP contribution in [0.1, 0.15) is 23.5 Å². The van der Waals surface area contributed by atoms with Crippen molar-refractivity contribution in [2.75, 3.05) is 23.3 Å². The van der Waals surface area contributed by atoms with Gasteiger partial charge in [-0.1, -0.05) is 78.9 Å². The molecule has 0 saturated heterocycles. The molecule has 4 aromatic carbocycles. The van der Waals surface area contributed by atoms with E-state index in [4.69, 9.17) is 0 Å². The normalized spacial score (nSPS) is 10.6. The Hall–Kier alpha value is -4.98. The fourth-order valence-corrected chi connectivity index (χ4v) is 4.15. The highest BCUT2D eigenvalue weighted by molar-refractivity contribution is 6.01. The minimum atomic E-state index is -0.490. The van der Waals surface area contributed by atoms with E-state index in [1.807, 2.05) is 91.0 Å². The van der Waals surface area contributed by atoms with Crippen LogP contribution in [0.2, 0.25) is 0 Å². The number of carbonyl (C=O) groups excluding carboxylic acids is 2. The first-order valence-electron chi connectivity index (χ1n) is 12.3. The van der Waals surface area contributed by atoms with Crippen molar-refractivity contribution < 1.29 is 14.5 Å². The molecule has 0 aliphatic heterocycles. The maximum absolute atomic E-state index is 13.3. The van der Waals surface area contributed by atoms with E-state index < -0.39 is 10.8 Å². The van der Waals surface area contributed by atoms with Crippen molar-refractivity contribution in [2.45, 2.75) is 12.3 Å². The molecule has 0 fully saturated rings. The molecule has 0 heterocycles. The van der Waals surface area contributed by atoms with Gasteiger partial charge < -0.3 is 10.6 Å². The number of amides is 3. The average Bonchev–Trinajstić information content (AvgIpc) is 2.95. The van der Waals surface area contributed by atoms with E-state index in [2.05, 4.69) is 10.6 Å². The monoisotopic (exact) mass is 508 g/mol. The molecule has 38 heavy (non-hydrogen) atoms. The number of hydrogen-bond donors (Lipinski definition) is 2. The molecular weight excluding hydrogens is 480 g/mol. The Kier molecular flexibility index (Phi) is 8.80. The number of nitrogens with one attached hydrogen (secondary N) is 2. The van der Waals surface area contributed by atoms with Crippen LogP contribution in [0.3, 0.4) is 0 Å². The van der Waals surface area contributed by atoms with Crippen molar-refractivity contribution in [2.24, 2.45) is 0 Å². The lowest BCUT2D eigenvalue weighted by Gasteiger charge is -2.24. The lowest BCUT2D eigenvalue weighted by molar-refractivity contribution is -0.384. The molecule has 8 heteroatoms. The summed E-state index contributed by atoms with van der Waals surface area (Å²) in [5.74, 6) is -0.544. The molecule has 4 aromatic rings. The number of nitro benzene ring substituents is 1. The van der Waals surface area contributed by atoms with E-state index in [1.165, 1.54) is 24.3 Å². The van der Waals surface area contributed by atoms with Crippen LogP contribution in [-0.4, -0.2) is 30.0 Å². The molecule has 0 aromatic heterocycles. The first-order valence-corrected chi connectivity index (χ1v) is 12.3. The van der Waals surface area contributed by atoms with E-state index in [0.29, 0.717) is 30.9 Å². The van der Waals surface area contributed by atoms with Crippen LogP contribution in [0, 0.1) is 10.1 Å². The molecule has 0 saturated carbocycles. The third-order valence-electron chi connectivity index (χ3n) is 6.03. The summed E-state index contributed by atoms with van der Waals surface area (Å²) in [6.07, 6.45) is 0.518. The zero-order chi connectivity index (χ0) is 26.7. The van der Waals surface area contributed by atoms with Crippen LogP contribution in [0.15, 0.2) is 115 Å². The number of hydrogen-bond acceptors (Lipinski definition) is 4. The minimum Gasteiger partial charge on any atom is -0.355 e. The summed E-state index contributed by atoms with van der Waals surface area (Å²) in [6, 6.07) is 33.8. The van der Waals surface area contributed by atoms with Gasteiger partial charge in [-0.2, -0.15) is 0 Å². The smallest absolute Gasteiger partial charge is 0.326 e. The lowest BCUT2D eigenvalue weighted by Crippen LogP contribution is -2.38. The van der Waals surface area contributed by atoms with Crippen molar-refractivity contribution >= 4 is 29.0 Å². The van der Waals surface area contributed by atoms with E-state index in [1.54, 1.807) is 4.90 Å². The van der Waals surface area contributed by atoms with Crippen LogP contribution >= 0.6 is 0 Å². The quantitative estimate of drug-likeness (QED) is 0.156. The van der Waals surface area contributed by atoms with Gasteiger partial charge in [-0.3, -0.25) is 19.8 Å². The maximum Gasteiger partial charge on any atom is 0.326 e. The van der Waals surface area contributed by atoms with Crippen molar-refractivity contribution in [3.63, 3.8) is 0 Å². The summed E-state index contributed by atoms with van der Waals surface area (Å²) in [4.78, 5) is 38.4. The highest BCUT2D eigenvalue weighted by Gasteiger charge is 2.22. The molecule has 0 unspecified atom stereocenters. The zero-order valence-corrected chi connectivity index (χ0v) is 20.7. The first-order chi connectivity index (χ1) is 18.5. The summed E-state index contributed by atoms with van der Waals surface area (Å²) >= 11 is 0. The van der Waals surface area contributed by atoms with E-state index in [-0.39, 0.29) is 17.6 Å². The van der Waals surface area contributed by atoms with Crippen LogP contribution in [-0.2, 0) is 4.79 Å². The van der Waals surface area contributed by atoms with Crippen LogP contribution in [0.5, 0.6) is 0 Å². The molecule has 0 aliphatic rings. The van der Waals surface area contributed by atoms with Gasteiger partial charge in [0.05, 0.1) is 10.8 Å². The molecule has 0 aliphatic carbocycles. The molecule has 3 amide bonds. The van der Waals surface area contributed by atoms with Gasteiger partial charge >= 0.3 is 6.03 Å². The summed E-state index contributed by atoms with van der Waals surface area (Å²) < 4.78 is 0. The Morgan fingerprint density at radius 3 is 1.82 bits per heavy atom. The maximum atomic E-state index is 13.3. The molecule has 2 N–H and O–H groups in total. The Balaban J connectivity index is 1.40. The van der Waals surface area contributed by atoms with E-state index in [9.17, 15) is 19.7 Å².